The predicted molar refractivity (Wildman–Crippen MR) is 17.1 cm³/mol. The van der Waals surface area contributed by atoms with Crippen molar-refractivity contribution < 1.29 is 27.9 Å². The van der Waals surface area contributed by atoms with E-state index < -0.39 is 6.16 Å². The molecular formula is CCl2CoO3. The third-order valence-corrected chi connectivity index (χ3v) is 0. The summed E-state index contributed by atoms with van der Waals surface area (Å²) in [7, 11) is 9.47. The summed E-state index contributed by atoms with van der Waals surface area (Å²) in [5, 5.41) is 16.7. The molecule has 6 heteroatoms. The van der Waals surface area contributed by atoms with Crippen LogP contribution in [0.5, 0.6) is 0 Å². The van der Waals surface area contributed by atoms with Gasteiger partial charge < -0.3 is 15.0 Å². The molecule has 0 aromatic carbocycles. The standard InChI is InChI=1S/CH2O3.2ClH.Co/c2-1(3)4;;;/h(H2,2,3,4);2*1H;/q;;;+4/p-4. The molecule has 0 aromatic rings. The summed E-state index contributed by atoms with van der Waals surface area (Å²) in [4.78, 5) is 8.33. The van der Waals surface area contributed by atoms with Crippen molar-refractivity contribution in [2.24, 2.45) is 0 Å². The van der Waals surface area contributed by atoms with Crippen molar-refractivity contribution in [1.29, 1.82) is 0 Å². The topological polar surface area (TPSA) is 63.2 Å². The second kappa shape index (κ2) is 9.61. The van der Waals surface area contributed by atoms with E-state index in [0.29, 0.717) is 12.9 Å². The zero-order valence-electron chi connectivity index (χ0n) is 2.81. The summed E-state index contributed by atoms with van der Waals surface area (Å²) in [6.45, 7) is 0. The van der Waals surface area contributed by atoms with Crippen LogP contribution in [0.25, 0.3) is 0 Å². The van der Waals surface area contributed by atoms with Crippen LogP contribution in [0.2, 0.25) is 0 Å². The van der Waals surface area contributed by atoms with E-state index in [-0.39, 0.29) is 0 Å². The maximum absolute atomic E-state index is 8.33. The minimum absolute atomic E-state index is 0.382. The Bertz CT molecular complexity index is 44.2. The van der Waals surface area contributed by atoms with Crippen molar-refractivity contribution in [1.82, 2.24) is 0 Å². The second-order valence-corrected chi connectivity index (χ2v) is 2.02. The number of rotatable bonds is 0. The van der Waals surface area contributed by atoms with Gasteiger partial charge >= 0.3 is 33.2 Å². The Balaban J connectivity index is 0. The van der Waals surface area contributed by atoms with Gasteiger partial charge in [-0.3, -0.25) is 0 Å². The molecule has 0 aliphatic rings. The molecule has 0 aliphatic carbocycles. The van der Waals surface area contributed by atoms with Crippen LogP contribution in [0.3, 0.4) is 0 Å². The molecule has 0 bridgehead atoms. The van der Waals surface area contributed by atoms with E-state index in [4.69, 9.17) is 35.3 Å². The molecule has 0 spiro atoms. The van der Waals surface area contributed by atoms with Gasteiger partial charge in [0.15, 0.2) is 0 Å². The SMILES string of the molecule is O=C([O-])[O-].[Cl][Co+2][Cl]. The first-order valence-corrected chi connectivity index (χ1v) is 3.73. The van der Waals surface area contributed by atoms with Crippen LogP contribution in [-0.4, -0.2) is 6.16 Å². The van der Waals surface area contributed by atoms with Gasteiger partial charge in [0.2, 0.25) is 0 Å². The van der Waals surface area contributed by atoms with Crippen LogP contribution in [0.15, 0.2) is 0 Å². The summed E-state index contributed by atoms with van der Waals surface area (Å²) >= 11 is 0.382. The number of carbonyl (C=O) groups excluding carboxylic acids is 1. The Morgan fingerprint density at radius 1 is 1.43 bits per heavy atom. The number of hydrogen-bond donors (Lipinski definition) is 0. The number of carboxylic acid groups (broad SMARTS) is 2. The normalized spacial score (nSPS) is 6.00. The average Bonchev–Trinajstić information content (AvgIpc) is 1.33. The molecule has 0 N–H and O–H groups in total. The zero-order chi connectivity index (χ0) is 6.28. The van der Waals surface area contributed by atoms with Gasteiger partial charge in [0.1, 0.15) is 0 Å². The fourth-order valence-electron chi connectivity index (χ4n) is 0. The fraction of sp³-hybridized carbons (Fsp3) is 0. The van der Waals surface area contributed by atoms with Gasteiger partial charge in [-0.15, -0.1) is 0 Å². The van der Waals surface area contributed by atoms with Gasteiger partial charge in [-0.25, -0.2) is 0 Å². The molecule has 0 heterocycles. The fourth-order valence-corrected chi connectivity index (χ4v) is 0. The molecule has 0 saturated carbocycles. The van der Waals surface area contributed by atoms with Crippen LogP contribution < -0.4 is 10.2 Å². The molecule has 0 atom stereocenters. The summed E-state index contributed by atoms with van der Waals surface area (Å²) in [5.74, 6) is 0. The van der Waals surface area contributed by atoms with Crippen molar-refractivity contribution in [3.63, 3.8) is 0 Å². The average molecular weight is 190 g/mol. The third kappa shape index (κ3) is 949. The summed E-state index contributed by atoms with van der Waals surface area (Å²) in [6.07, 6.45) is -2.33. The van der Waals surface area contributed by atoms with Crippen molar-refractivity contribution in [3.05, 3.63) is 0 Å². The van der Waals surface area contributed by atoms with E-state index in [1.165, 1.54) is 0 Å². The van der Waals surface area contributed by atoms with Gasteiger partial charge in [-0.2, -0.15) is 0 Å². The zero-order valence-corrected chi connectivity index (χ0v) is 5.37. The van der Waals surface area contributed by atoms with Gasteiger partial charge in [0.05, 0.1) is 0 Å². The van der Waals surface area contributed by atoms with E-state index >= 15 is 0 Å². The van der Waals surface area contributed by atoms with Crippen LogP contribution in [0, 0.1) is 0 Å². The molecular weight excluding hydrogens is 190 g/mol. The molecule has 0 amide bonds. The Morgan fingerprint density at radius 2 is 1.43 bits per heavy atom. The molecule has 0 unspecified atom stereocenters. The van der Waals surface area contributed by atoms with E-state index in [1.54, 1.807) is 0 Å². The molecule has 0 radical (unpaired) electrons. The van der Waals surface area contributed by atoms with Gasteiger partial charge in [0, 0.05) is 0 Å². The number of halogens is 2. The van der Waals surface area contributed by atoms with Crippen LogP contribution >= 0.6 is 20.3 Å². The number of hydrogen-bond acceptors (Lipinski definition) is 3. The minimum atomic E-state index is -2.33. The van der Waals surface area contributed by atoms with Gasteiger partial charge in [-0.05, 0) is 6.16 Å². The second-order valence-electron chi connectivity index (χ2n) is 0.298. The summed E-state index contributed by atoms with van der Waals surface area (Å²) < 4.78 is 0. The monoisotopic (exact) mass is 189 g/mol. The molecule has 45 valence electrons. The van der Waals surface area contributed by atoms with Crippen molar-refractivity contribution in [2.75, 3.05) is 0 Å². The van der Waals surface area contributed by atoms with E-state index in [2.05, 4.69) is 0 Å². The van der Waals surface area contributed by atoms with Crippen LogP contribution in [0.4, 0.5) is 4.79 Å². The van der Waals surface area contributed by atoms with Crippen LogP contribution in [0.1, 0.15) is 0 Å². The molecule has 0 aliphatic heterocycles. The quantitative estimate of drug-likeness (QED) is 0.488. The molecule has 0 saturated heterocycles. The van der Waals surface area contributed by atoms with E-state index in [0.717, 1.165) is 0 Å². The Labute approximate surface area is 54.7 Å². The number of carbonyl (C=O) groups is 1. The van der Waals surface area contributed by atoms with Gasteiger partial charge in [-0.1, -0.05) is 0 Å². The first-order valence-electron chi connectivity index (χ1n) is 0.864. The van der Waals surface area contributed by atoms with Crippen molar-refractivity contribution >= 4 is 26.4 Å². The van der Waals surface area contributed by atoms with E-state index in [1.807, 2.05) is 0 Å². The molecule has 0 rings (SSSR count). The van der Waals surface area contributed by atoms with Crippen molar-refractivity contribution in [3.8, 4) is 0 Å². The molecule has 0 aromatic heterocycles. The first-order chi connectivity index (χ1) is 3.15. The Kier molecular flexibility index (Phi) is 14.2. The third-order valence-electron chi connectivity index (χ3n) is 0. The predicted octanol–water partition coefficient (Wildman–Crippen LogP) is -1.07. The molecule has 7 heavy (non-hydrogen) atoms. The van der Waals surface area contributed by atoms with E-state index in [9.17, 15) is 0 Å². The van der Waals surface area contributed by atoms with Crippen molar-refractivity contribution in [2.45, 2.75) is 0 Å². The van der Waals surface area contributed by atoms with Gasteiger partial charge in [0.25, 0.3) is 0 Å². The summed E-state index contributed by atoms with van der Waals surface area (Å²) in [6, 6.07) is 0. The summed E-state index contributed by atoms with van der Waals surface area (Å²) in [5.41, 5.74) is 0. The molecule has 0 fully saturated rings. The Hall–Kier alpha value is 0.356. The van der Waals surface area contributed by atoms with Crippen LogP contribution in [-0.2, 0) is 12.9 Å². The first kappa shape index (κ1) is 10.4. The maximum atomic E-state index is 8.33. The molecule has 3 nitrogen and oxygen atoms in total. The Morgan fingerprint density at radius 3 is 1.43 bits per heavy atom.